The van der Waals surface area contributed by atoms with Crippen molar-refractivity contribution in [3.8, 4) is 5.75 Å². The van der Waals surface area contributed by atoms with E-state index in [4.69, 9.17) is 4.74 Å². The minimum absolute atomic E-state index is 0.0158. The Kier molecular flexibility index (Phi) is 9.79. The third-order valence-electron chi connectivity index (χ3n) is 6.19. The topological polar surface area (TPSA) is 66.8 Å². The predicted octanol–water partition coefficient (Wildman–Crippen LogP) is 5.99. The number of rotatable bonds is 12. The lowest BCUT2D eigenvalue weighted by Crippen LogP contribution is -2.28. The van der Waals surface area contributed by atoms with Crippen molar-refractivity contribution >= 4 is 9.84 Å². The molecule has 0 saturated carbocycles. The molecule has 0 aliphatic rings. The summed E-state index contributed by atoms with van der Waals surface area (Å²) in [5, 5.41) is 10.3. The second kappa shape index (κ2) is 12.5. The molecule has 0 heterocycles. The number of hydrogen-bond acceptors (Lipinski definition) is 5. The van der Waals surface area contributed by atoms with Gasteiger partial charge in [-0.05, 0) is 68.1 Å². The van der Waals surface area contributed by atoms with E-state index in [1.165, 1.54) is 44.2 Å². The van der Waals surface area contributed by atoms with Gasteiger partial charge < -0.3 is 9.84 Å². The normalized spacial score (nSPS) is 12.6. The molecule has 212 valence electrons. The lowest BCUT2D eigenvalue weighted by molar-refractivity contribution is -0.137. The number of nitrogens with zero attached hydrogens (tertiary/aromatic N) is 1. The molecule has 0 aliphatic heterocycles. The molecule has 0 unspecified atom stereocenters. The van der Waals surface area contributed by atoms with Gasteiger partial charge in [-0.2, -0.15) is 13.2 Å². The second-order valence-electron chi connectivity index (χ2n) is 10.0. The van der Waals surface area contributed by atoms with Crippen LogP contribution >= 0.6 is 0 Å². The number of alkyl halides is 3. The number of aliphatic hydroxyl groups is 1. The number of halogens is 4. The quantitative estimate of drug-likeness (QED) is 0.215. The van der Waals surface area contributed by atoms with Crippen LogP contribution < -0.4 is 4.74 Å². The third-order valence-corrected chi connectivity index (χ3v) is 7.33. The highest BCUT2D eigenvalue weighted by Crippen LogP contribution is 2.31. The van der Waals surface area contributed by atoms with E-state index in [1.807, 2.05) is 4.90 Å². The van der Waals surface area contributed by atoms with Gasteiger partial charge in [-0.3, -0.25) is 4.90 Å². The Morgan fingerprint density at radius 3 is 2.23 bits per heavy atom. The molecule has 10 heteroatoms. The van der Waals surface area contributed by atoms with Crippen LogP contribution in [-0.4, -0.2) is 44.4 Å². The van der Waals surface area contributed by atoms with Gasteiger partial charge in [-0.25, -0.2) is 12.8 Å². The molecule has 1 N–H and O–H groups in total. The molecule has 3 aromatic carbocycles. The Morgan fingerprint density at radius 2 is 1.62 bits per heavy atom. The molecular formula is C29H33F4NO4S. The Labute approximate surface area is 227 Å². The molecule has 0 fully saturated rings. The second-order valence-corrected chi connectivity index (χ2v) is 12.0. The highest BCUT2D eigenvalue weighted by Gasteiger charge is 2.30. The summed E-state index contributed by atoms with van der Waals surface area (Å²) in [5.41, 5.74) is -0.374. The molecular weight excluding hydrogens is 534 g/mol. The van der Waals surface area contributed by atoms with E-state index in [1.54, 1.807) is 24.3 Å². The monoisotopic (exact) mass is 567 g/mol. The average Bonchev–Trinajstić information content (AvgIpc) is 2.84. The van der Waals surface area contributed by atoms with E-state index in [0.717, 1.165) is 24.0 Å². The van der Waals surface area contributed by atoms with Crippen molar-refractivity contribution in [3.63, 3.8) is 0 Å². The van der Waals surface area contributed by atoms with Crippen LogP contribution in [0.3, 0.4) is 0 Å². The van der Waals surface area contributed by atoms with Crippen molar-refractivity contribution < 1.29 is 35.8 Å². The van der Waals surface area contributed by atoms with Crippen LogP contribution in [0.1, 0.15) is 42.5 Å². The molecule has 3 aromatic rings. The highest BCUT2D eigenvalue weighted by atomic mass is 32.2. The molecule has 0 aliphatic carbocycles. The maximum Gasteiger partial charge on any atom is 0.416 e. The molecule has 3 rings (SSSR count). The van der Waals surface area contributed by atoms with Crippen molar-refractivity contribution in [2.45, 2.75) is 49.9 Å². The molecule has 39 heavy (non-hydrogen) atoms. The minimum atomic E-state index is -4.44. The first kappa shape index (κ1) is 30.6. The van der Waals surface area contributed by atoms with Crippen LogP contribution in [0.15, 0.2) is 71.6 Å². The van der Waals surface area contributed by atoms with Gasteiger partial charge in [0.25, 0.3) is 0 Å². The first-order valence-corrected chi connectivity index (χ1v) is 14.3. The summed E-state index contributed by atoms with van der Waals surface area (Å²) >= 11 is 0. The van der Waals surface area contributed by atoms with Gasteiger partial charge in [0.15, 0.2) is 9.84 Å². The Morgan fingerprint density at radius 1 is 0.923 bits per heavy atom. The lowest BCUT2D eigenvalue weighted by Gasteiger charge is -2.23. The van der Waals surface area contributed by atoms with E-state index in [9.17, 15) is 31.1 Å². The van der Waals surface area contributed by atoms with Crippen molar-refractivity contribution in [1.29, 1.82) is 0 Å². The highest BCUT2D eigenvalue weighted by molar-refractivity contribution is 7.90. The zero-order valence-electron chi connectivity index (χ0n) is 22.1. The maximum absolute atomic E-state index is 13.3. The number of hydrogen-bond donors (Lipinski definition) is 1. The van der Waals surface area contributed by atoms with E-state index < -0.39 is 27.2 Å². The predicted molar refractivity (Wildman–Crippen MR) is 142 cm³/mol. The van der Waals surface area contributed by atoms with Crippen LogP contribution in [0.25, 0.3) is 0 Å². The molecule has 0 radical (unpaired) electrons. The lowest BCUT2D eigenvalue weighted by atomic mass is 9.98. The standard InChI is InChI=1S/C29H33F4NO4S/c1-28(2,35)26-13-12-25(19-27(26)39(3,36)37)38-17-5-15-34(16-14-21-8-10-24(30)11-9-21)20-22-6-4-7-23(18-22)29(31,32)33/h4,6-13,18-19,35H,5,14-17,20H2,1-3H3. The van der Waals surface area contributed by atoms with Crippen molar-refractivity contribution in [3.05, 3.63) is 94.8 Å². The Balaban J connectivity index is 1.68. The summed E-state index contributed by atoms with van der Waals surface area (Å²) in [4.78, 5) is 1.99. The van der Waals surface area contributed by atoms with Crippen LogP contribution in [-0.2, 0) is 34.6 Å². The molecule has 0 atom stereocenters. The SMILES string of the molecule is CC(C)(O)c1ccc(OCCCN(CCc2ccc(F)cc2)Cc2cccc(C(F)(F)F)c2)cc1S(C)(=O)=O. The zero-order valence-corrected chi connectivity index (χ0v) is 22.9. The fourth-order valence-corrected chi connectivity index (χ4v) is 5.24. The number of benzene rings is 3. The van der Waals surface area contributed by atoms with E-state index >= 15 is 0 Å². The van der Waals surface area contributed by atoms with Crippen LogP contribution in [0.5, 0.6) is 5.75 Å². The summed E-state index contributed by atoms with van der Waals surface area (Å²) in [5.74, 6) is -0.00880. The van der Waals surface area contributed by atoms with Crippen LogP contribution in [0.2, 0.25) is 0 Å². The van der Waals surface area contributed by atoms with E-state index in [0.29, 0.717) is 37.2 Å². The summed E-state index contributed by atoms with van der Waals surface area (Å²) in [7, 11) is -3.62. The summed E-state index contributed by atoms with van der Waals surface area (Å²) in [6.07, 6.45) is -2.28. The average molecular weight is 568 g/mol. The first-order chi connectivity index (χ1) is 18.1. The van der Waals surface area contributed by atoms with Gasteiger partial charge in [0.1, 0.15) is 11.6 Å². The van der Waals surface area contributed by atoms with Gasteiger partial charge in [-0.15, -0.1) is 0 Å². The van der Waals surface area contributed by atoms with Crippen LogP contribution in [0, 0.1) is 5.82 Å². The molecule has 0 saturated heterocycles. The molecule has 0 bridgehead atoms. The first-order valence-electron chi connectivity index (χ1n) is 12.5. The minimum Gasteiger partial charge on any atom is -0.494 e. The fourth-order valence-electron chi connectivity index (χ4n) is 4.20. The molecule has 0 amide bonds. The van der Waals surface area contributed by atoms with Gasteiger partial charge in [-0.1, -0.05) is 36.4 Å². The van der Waals surface area contributed by atoms with Gasteiger partial charge >= 0.3 is 6.18 Å². The summed E-state index contributed by atoms with van der Waals surface area (Å²) in [6.45, 7) is 4.55. The van der Waals surface area contributed by atoms with Crippen molar-refractivity contribution in [2.24, 2.45) is 0 Å². The number of sulfone groups is 1. The summed E-state index contributed by atoms with van der Waals surface area (Å²) in [6, 6.07) is 15.8. The van der Waals surface area contributed by atoms with Gasteiger partial charge in [0, 0.05) is 31.5 Å². The van der Waals surface area contributed by atoms with E-state index in [-0.39, 0.29) is 29.4 Å². The molecule has 0 spiro atoms. The van der Waals surface area contributed by atoms with Gasteiger partial charge in [0.2, 0.25) is 0 Å². The van der Waals surface area contributed by atoms with Crippen LogP contribution in [0.4, 0.5) is 17.6 Å². The zero-order chi connectivity index (χ0) is 28.8. The Hall–Kier alpha value is -2.95. The van der Waals surface area contributed by atoms with Crippen molar-refractivity contribution in [2.75, 3.05) is 26.0 Å². The smallest absolute Gasteiger partial charge is 0.416 e. The van der Waals surface area contributed by atoms with Gasteiger partial charge in [0.05, 0.1) is 22.7 Å². The van der Waals surface area contributed by atoms with E-state index in [2.05, 4.69) is 0 Å². The molecule has 0 aromatic heterocycles. The fraction of sp³-hybridized carbons (Fsp3) is 0.379. The van der Waals surface area contributed by atoms with Crippen molar-refractivity contribution in [1.82, 2.24) is 4.90 Å². The number of ether oxygens (including phenoxy) is 1. The third kappa shape index (κ3) is 9.33. The maximum atomic E-state index is 13.3. The largest absolute Gasteiger partial charge is 0.494 e. The summed E-state index contributed by atoms with van der Waals surface area (Å²) < 4.78 is 83.2. The molecule has 5 nitrogen and oxygen atoms in total. The Bertz CT molecular complexity index is 1350.